The molecule has 2 heterocycles. The molecule has 0 spiro atoms. The molecule has 5 heteroatoms. The molecule has 2 amide bonds. The SMILES string of the molecule is CC1(C)CC(=O)N(CC2(CBr)CCOCC2)C1=O. The van der Waals surface area contributed by atoms with Crippen LogP contribution in [-0.4, -0.2) is 41.8 Å². The minimum absolute atomic E-state index is 0.00993. The molecular formula is C13H20BrNO3. The highest BCUT2D eigenvalue weighted by atomic mass is 79.9. The van der Waals surface area contributed by atoms with Gasteiger partial charge in [-0.25, -0.2) is 0 Å². The van der Waals surface area contributed by atoms with Gasteiger partial charge in [0.2, 0.25) is 11.8 Å². The lowest BCUT2D eigenvalue weighted by atomic mass is 9.81. The number of nitrogens with zero attached hydrogens (tertiary/aromatic N) is 1. The highest BCUT2D eigenvalue weighted by Crippen LogP contribution is 2.38. The van der Waals surface area contributed by atoms with Gasteiger partial charge in [-0.2, -0.15) is 0 Å². The Labute approximate surface area is 116 Å². The number of imide groups is 1. The zero-order chi connectivity index (χ0) is 13.4. The molecule has 0 aromatic rings. The van der Waals surface area contributed by atoms with Crippen LogP contribution in [0, 0.1) is 10.8 Å². The summed E-state index contributed by atoms with van der Waals surface area (Å²) in [4.78, 5) is 25.7. The number of likely N-dealkylation sites (tertiary alicyclic amines) is 1. The van der Waals surface area contributed by atoms with E-state index in [2.05, 4.69) is 15.9 Å². The first kappa shape index (κ1) is 14.0. The maximum Gasteiger partial charge on any atom is 0.235 e. The molecule has 0 atom stereocenters. The van der Waals surface area contributed by atoms with Crippen molar-refractivity contribution in [2.24, 2.45) is 10.8 Å². The first-order chi connectivity index (χ1) is 8.40. The van der Waals surface area contributed by atoms with Gasteiger partial charge in [0.05, 0.1) is 5.41 Å². The molecule has 2 aliphatic heterocycles. The van der Waals surface area contributed by atoms with Crippen LogP contribution in [0.4, 0.5) is 0 Å². The first-order valence-electron chi connectivity index (χ1n) is 6.39. The molecule has 0 aromatic carbocycles. The van der Waals surface area contributed by atoms with Crippen LogP contribution >= 0.6 is 15.9 Å². The van der Waals surface area contributed by atoms with E-state index < -0.39 is 5.41 Å². The first-order valence-corrected chi connectivity index (χ1v) is 7.51. The smallest absolute Gasteiger partial charge is 0.235 e. The van der Waals surface area contributed by atoms with Crippen LogP contribution < -0.4 is 0 Å². The van der Waals surface area contributed by atoms with Gasteiger partial charge >= 0.3 is 0 Å². The van der Waals surface area contributed by atoms with Crippen molar-refractivity contribution in [3.63, 3.8) is 0 Å². The molecule has 0 N–H and O–H groups in total. The van der Waals surface area contributed by atoms with E-state index in [9.17, 15) is 9.59 Å². The van der Waals surface area contributed by atoms with Crippen LogP contribution in [0.3, 0.4) is 0 Å². The number of amides is 2. The van der Waals surface area contributed by atoms with Crippen molar-refractivity contribution in [1.29, 1.82) is 0 Å². The molecule has 102 valence electrons. The summed E-state index contributed by atoms with van der Waals surface area (Å²) in [5.41, 5.74) is -0.542. The average Bonchev–Trinajstić information content (AvgIpc) is 2.53. The normalized spacial score (nSPS) is 26.7. The molecule has 0 saturated carbocycles. The summed E-state index contributed by atoms with van der Waals surface area (Å²) >= 11 is 3.54. The van der Waals surface area contributed by atoms with Crippen LogP contribution in [0.25, 0.3) is 0 Å². The van der Waals surface area contributed by atoms with Crippen molar-refractivity contribution in [1.82, 2.24) is 4.90 Å². The van der Waals surface area contributed by atoms with Gasteiger partial charge in [0, 0.05) is 36.9 Å². The van der Waals surface area contributed by atoms with Gasteiger partial charge in [-0.3, -0.25) is 14.5 Å². The second-order valence-corrected chi connectivity index (χ2v) is 6.65. The summed E-state index contributed by atoms with van der Waals surface area (Å²) in [6.45, 7) is 5.65. The lowest BCUT2D eigenvalue weighted by Crippen LogP contribution is -2.45. The molecule has 0 unspecified atom stereocenters. The number of carbonyl (C=O) groups excluding carboxylic acids is 2. The van der Waals surface area contributed by atoms with Gasteiger partial charge in [-0.1, -0.05) is 29.8 Å². The monoisotopic (exact) mass is 317 g/mol. The standard InChI is InChI=1S/C13H20BrNO3/c1-12(2)7-10(16)15(11(12)17)9-13(8-14)3-5-18-6-4-13/h3-9H2,1-2H3. The lowest BCUT2D eigenvalue weighted by Gasteiger charge is -2.38. The van der Waals surface area contributed by atoms with Crippen molar-refractivity contribution in [3.8, 4) is 0 Å². The number of alkyl halides is 1. The zero-order valence-electron chi connectivity index (χ0n) is 11.0. The van der Waals surface area contributed by atoms with E-state index in [4.69, 9.17) is 4.74 Å². The number of hydrogen-bond acceptors (Lipinski definition) is 3. The number of halogens is 1. The summed E-state index contributed by atoms with van der Waals surface area (Å²) in [7, 11) is 0. The highest BCUT2D eigenvalue weighted by Gasteiger charge is 2.47. The van der Waals surface area contributed by atoms with Crippen LogP contribution in [-0.2, 0) is 14.3 Å². The largest absolute Gasteiger partial charge is 0.381 e. The van der Waals surface area contributed by atoms with Crippen molar-refractivity contribution < 1.29 is 14.3 Å². The Bertz CT molecular complexity index is 361. The number of rotatable bonds is 3. The Morgan fingerprint density at radius 2 is 1.89 bits per heavy atom. The van der Waals surface area contributed by atoms with Gasteiger partial charge in [-0.15, -0.1) is 0 Å². The van der Waals surface area contributed by atoms with Gasteiger partial charge in [-0.05, 0) is 12.8 Å². The number of carbonyl (C=O) groups is 2. The fourth-order valence-corrected chi connectivity index (χ4v) is 3.40. The molecule has 0 aliphatic carbocycles. The predicted octanol–water partition coefficient (Wildman–Crippen LogP) is 1.96. The Morgan fingerprint density at radius 3 is 2.33 bits per heavy atom. The van der Waals surface area contributed by atoms with E-state index in [0.717, 1.165) is 18.2 Å². The van der Waals surface area contributed by atoms with Crippen molar-refractivity contribution in [3.05, 3.63) is 0 Å². The molecule has 2 fully saturated rings. The maximum atomic E-state index is 12.2. The van der Waals surface area contributed by atoms with Crippen LogP contribution in [0.15, 0.2) is 0 Å². The van der Waals surface area contributed by atoms with E-state index in [1.807, 2.05) is 13.8 Å². The molecule has 2 aliphatic rings. The molecule has 4 nitrogen and oxygen atoms in total. The van der Waals surface area contributed by atoms with Gasteiger partial charge in [0.25, 0.3) is 0 Å². The molecule has 18 heavy (non-hydrogen) atoms. The molecule has 2 saturated heterocycles. The average molecular weight is 318 g/mol. The van der Waals surface area contributed by atoms with Crippen molar-refractivity contribution in [2.45, 2.75) is 33.1 Å². The van der Waals surface area contributed by atoms with Crippen LogP contribution in [0.1, 0.15) is 33.1 Å². The van der Waals surface area contributed by atoms with Gasteiger partial charge in [0.15, 0.2) is 0 Å². The van der Waals surface area contributed by atoms with E-state index in [-0.39, 0.29) is 17.2 Å². The third-order valence-electron chi connectivity index (χ3n) is 4.05. The Morgan fingerprint density at radius 1 is 1.28 bits per heavy atom. The highest BCUT2D eigenvalue weighted by molar-refractivity contribution is 9.09. The summed E-state index contributed by atoms with van der Waals surface area (Å²) in [5, 5.41) is 0.806. The van der Waals surface area contributed by atoms with E-state index in [1.165, 1.54) is 4.90 Å². The van der Waals surface area contributed by atoms with Crippen LogP contribution in [0.5, 0.6) is 0 Å². The second kappa shape index (κ2) is 4.93. The van der Waals surface area contributed by atoms with Gasteiger partial charge < -0.3 is 4.74 Å². The second-order valence-electron chi connectivity index (χ2n) is 6.09. The maximum absolute atomic E-state index is 12.2. The number of hydrogen-bond donors (Lipinski definition) is 0. The van der Waals surface area contributed by atoms with E-state index in [1.54, 1.807) is 0 Å². The number of ether oxygens (including phenoxy) is 1. The molecular weight excluding hydrogens is 298 g/mol. The van der Waals surface area contributed by atoms with E-state index in [0.29, 0.717) is 26.2 Å². The van der Waals surface area contributed by atoms with Crippen LogP contribution in [0.2, 0.25) is 0 Å². The molecule has 0 radical (unpaired) electrons. The quantitative estimate of drug-likeness (QED) is 0.590. The molecule has 2 rings (SSSR count). The van der Waals surface area contributed by atoms with Crippen molar-refractivity contribution in [2.75, 3.05) is 25.1 Å². The lowest BCUT2D eigenvalue weighted by molar-refractivity contribution is -0.143. The Balaban J connectivity index is 2.12. The Kier molecular flexibility index (Phi) is 3.83. The topological polar surface area (TPSA) is 46.6 Å². The summed E-state index contributed by atoms with van der Waals surface area (Å²) in [5.74, 6) is -0.0591. The predicted molar refractivity (Wildman–Crippen MR) is 71.4 cm³/mol. The third-order valence-corrected chi connectivity index (χ3v) is 5.24. The van der Waals surface area contributed by atoms with Crippen molar-refractivity contribution >= 4 is 27.7 Å². The minimum atomic E-state index is -0.532. The summed E-state index contributed by atoms with van der Waals surface area (Å²) in [6, 6.07) is 0. The Hall–Kier alpha value is -0.420. The fraction of sp³-hybridized carbons (Fsp3) is 0.846. The summed E-state index contributed by atoms with van der Waals surface area (Å²) in [6.07, 6.45) is 2.13. The molecule has 0 bridgehead atoms. The third kappa shape index (κ3) is 2.48. The van der Waals surface area contributed by atoms with Gasteiger partial charge in [0.1, 0.15) is 0 Å². The minimum Gasteiger partial charge on any atom is -0.381 e. The zero-order valence-corrected chi connectivity index (χ0v) is 12.6. The van der Waals surface area contributed by atoms with E-state index >= 15 is 0 Å². The fourth-order valence-electron chi connectivity index (χ4n) is 2.66. The summed E-state index contributed by atoms with van der Waals surface area (Å²) < 4.78 is 5.38. The molecule has 0 aromatic heterocycles.